The first-order valence-electron chi connectivity index (χ1n) is 10.7. The maximum absolute atomic E-state index is 13.4. The van der Waals surface area contributed by atoms with Crippen LogP contribution in [-0.4, -0.2) is 21.2 Å². The Kier molecular flexibility index (Phi) is 3.99. The normalized spacial score (nSPS) is 21.8. The van der Waals surface area contributed by atoms with E-state index in [0.29, 0.717) is 6.42 Å². The molecule has 1 aliphatic carbocycles. The summed E-state index contributed by atoms with van der Waals surface area (Å²) >= 11 is 0. The molecule has 4 nitrogen and oxygen atoms in total. The number of hydrogen-bond acceptors (Lipinski definition) is 3. The van der Waals surface area contributed by atoms with Crippen LogP contribution in [0.15, 0.2) is 85.1 Å². The first kappa shape index (κ1) is 18.3. The number of fused-ring (bicyclic) bond motifs is 1. The molecule has 4 heteroatoms. The number of ketones is 1. The summed E-state index contributed by atoms with van der Waals surface area (Å²) in [5.41, 5.74) is 6.21. The number of hydrogen-bond donors (Lipinski definition) is 0. The highest BCUT2D eigenvalue weighted by Crippen LogP contribution is 2.57. The minimum atomic E-state index is -0.766. The van der Waals surface area contributed by atoms with Crippen molar-refractivity contribution in [3.05, 3.63) is 107 Å². The monoisotopic (exact) mass is 406 g/mol. The van der Waals surface area contributed by atoms with Crippen LogP contribution in [0.5, 0.6) is 0 Å². The van der Waals surface area contributed by atoms with Crippen molar-refractivity contribution in [3.63, 3.8) is 0 Å². The van der Waals surface area contributed by atoms with Gasteiger partial charge >= 0.3 is 0 Å². The highest BCUT2D eigenvalue weighted by Gasteiger charge is 2.64. The lowest BCUT2D eigenvalue weighted by atomic mass is 9.79. The molecule has 0 bridgehead atoms. The Hall–Kier alpha value is -3.50. The summed E-state index contributed by atoms with van der Waals surface area (Å²) in [5.74, 6) is 0.0988. The fourth-order valence-corrected chi connectivity index (χ4v) is 4.70. The van der Waals surface area contributed by atoms with Crippen LogP contribution < -0.4 is 0 Å². The third kappa shape index (κ3) is 2.87. The van der Waals surface area contributed by atoms with E-state index in [1.165, 1.54) is 5.56 Å². The number of Topliss-reactive ketones (excluding diaryl/α,β-unsaturated/α-hetero) is 1. The zero-order chi connectivity index (χ0) is 21.0. The van der Waals surface area contributed by atoms with Gasteiger partial charge in [-0.2, -0.15) is 5.10 Å². The molecule has 1 spiro atoms. The van der Waals surface area contributed by atoms with E-state index in [-0.39, 0.29) is 11.9 Å². The molecule has 1 aromatic heterocycles. The molecule has 4 aromatic rings. The number of carbonyl (C=O) groups is 1. The van der Waals surface area contributed by atoms with E-state index in [9.17, 15) is 4.79 Å². The number of para-hydroxylation sites is 1. The summed E-state index contributed by atoms with van der Waals surface area (Å²) in [5, 5.41) is 4.91. The summed E-state index contributed by atoms with van der Waals surface area (Å²) in [6, 6.07) is 26.3. The van der Waals surface area contributed by atoms with E-state index in [1.54, 1.807) is 0 Å². The van der Waals surface area contributed by atoms with Gasteiger partial charge in [0.1, 0.15) is 6.10 Å². The summed E-state index contributed by atoms with van der Waals surface area (Å²) in [6.07, 6.45) is 3.31. The van der Waals surface area contributed by atoms with Gasteiger partial charge in [0.05, 0.1) is 11.4 Å². The van der Waals surface area contributed by atoms with Crippen LogP contribution in [0.2, 0.25) is 0 Å². The number of carbonyl (C=O) groups excluding carboxylic acids is 1. The molecule has 6 rings (SSSR count). The Morgan fingerprint density at radius 1 is 0.968 bits per heavy atom. The zero-order valence-electron chi connectivity index (χ0n) is 17.3. The molecule has 0 radical (unpaired) electrons. The number of rotatable bonds is 3. The minimum Gasteiger partial charge on any atom is -0.352 e. The fourth-order valence-electron chi connectivity index (χ4n) is 4.70. The molecule has 2 aliphatic rings. The lowest BCUT2D eigenvalue weighted by molar-refractivity contribution is 0.0850. The van der Waals surface area contributed by atoms with Gasteiger partial charge < -0.3 is 4.74 Å². The van der Waals surface area contributed by atoms with E-state index in [1.807, 2.05) is 65.5 Å². The molecule has 3 aromatic carbocycles. The molecule has 0 N–H and O–H groups in total. The van der Waals surface area contributed by atoms with Crippen molar-refractivity contribution in [2.45, 2.75) is 31.5 Å². The summed E-state index contributed by atoms with van der Waals surface area (Å²) in [6.45, 7) is 2.07. The van der Waals surface area contributed by atoms with E-state index in [0.717, 1.165) is 40.1 Å². The first-order valence-corrected chi connectivity index (χ1v) is 10.7. The number of ether oxygens (including phenoxy) is 1. The van der Waals surface area contributed by atoms with Crippen LogP contribution >= 0.6 is 0 Å². The fraction of sp³-hybridized carbons (Fsp3) is 0.185. The molecule has 31 heavy (non-hydrogen) atoms. The third-order valence-corrected chi connectivity index (χ3v) is 6.48. The van der Waals surface area contributed by atoms with Gasteiger partial charge in [-0.25, -0.2) is 4.68 Å². The molecule has 1 aliphatic heterocycles. The molecule has 0 amide bonds. The van der Waals surface area contributed by atoms with E-state index >= 15 is 0 Å². The minimum absolute atomic E-state index is 0.0988. The Bertz CT molecular complexity index is 1290. The van der Waals surface area contributed by atoms with Gasteiger partial charge in [-0.05, 0) is 37.5 Å². The smallest absolute Gasteiger partial charge is 0.198 e. The van der Waals surface area contributed by atoms with Crippen LogP contribution in [0.25, 0.3) is 16.9 Å². The van der Waals surface area contributed by atoms with Crippen LogP contribution in [0.4, 0.5) is 0 Å². The second-order valence-corrected chi connectivity index (χ2v) is 8.45. The quantitative estimate of drug-likeness (QED) is 0.423. The molecular formula is C27H22N2O2. The second kappa shape index (κ2) is 6.76. The van der Waals surface area contributed by atoms with Gasteiger partial charge in [-0.3, -0.25) is 4.79 Å². The maximum atomic E-state index is 13.4. The standard InChI is InChI=1S/C27H22N2O2/c1-18-11-13-20(14-12-18)24-23(17-29(28-24)21-8-3-2-4-9-21)26-27(31-26)16-15-19-7-5-6-10-22(19)25(27)30/h2-14,17,26H,15-16H2,1H3. The molecule has 1 fully saturated rings. The van der Waals surface area contributed by atoms with E-state index in [2.05, 4.69) is 31.2 Å². The van der Waals surface area contributed by atoms with Crippen LogP contribution in [0, 0.1) is 6.92 Å². The molecule has 1 saturated heterocycles. The van der Waals surface area contributed by atoms with Crippen LogP contribution in [-0.2, 0) is 11.2 Å². The summed E-state index contributed by atoms with van der Waals surface area (Å²) < 4.78 is 8.12. The number of aromatic nitrogens is 2. The number of epoxide rings is 1. The number of aryl methyl sites for hydroxylation is 2. The van der Waals surface area contributed by atoms with Crippen LogP contribution in [0.3, 0.4) is 0 Å². The lowest BCUT2D eigenvalue weighted by Gasteiger charge is -2.20. The lowest BCUT2D eigenvalue weighted by Crippen LogP contribution is -2.31. The molecule has 2 heterocycles. The molecule has 2 unspecified atom stereocenters. The number of nitrogens with zero attached hydrogens (tertiary/aromatic N) is 2. The Labute approximate surface area is 181 Å². The van der Waals surface area contributed by atoms with Gasteiger partial charge in [0, 0.05) is 22.9 Å². The van der Waals surface area contributed by atoms with Gasteiger partial charge in [0.25, 0.3) is 0 Å². The summed E-state index contributed by atoms with van der Waals surface area (Å²) in [7, 11) is 0. The van der Waals surface area contributed by atoms with Crippen molar-refractivity contribution < 1.29 is 9.53 Å². The van der Waals surface area contributed by atoms with Crippen molar-refractivity contribution >= 4 is 5.78 Å². The van der Waals surface area contributed by atoms with Gasteiger partial charge in [-0.15, -0.1) is 0 Å². The third-order valence-electron chi connectivity index (χ3n) is 6.48. The first-order chi connectivity index (χ1) is 15.2. The van der Waals surface area contributed by atoms with Crippen molar-refractivity contribution in [3.8, 4) is 16.9 Å². The molecule has 2 atom stereocenters. The van der Waals surface area contributed by atoms with Crippen molar-refractivity contribution in [1.29, 1.82) is 0 Å². The van der Waals surface area contributed by atoms with Crippen molar-refractivity contribution in [2.24, 2.45) is 0 Å². The predicted molar refractivity (Wildman–Crippen MR) is 119 cm³/mol. The van der Waals surface area contributed by atoms with E-state index in [4.69, 9.17) is 9.84 Å². The number of benzene rings is 3. The highest BCUT2D eigenvalue weighted by atomic mass is 16.6. The topological polar surface area (TPSA) is 47.4 Å². The Balaban J connectivity index is 1.44. The maximum Gasteiger partial charge on any atom is 0.198 e. The zero-order valence-corrected chi connectivity index (χ0v) is 17.3. The highest BCUT2D eigenvalue weighted by molar-refractivity contribution is 6.07. The van der Waals surface area contributed by atoms with E-state index < -0.39 is 5.60 Å². The molecule has 0 saturated carbocycles. The van der Waals surface area contributed by atoms with Gasteiger partial charge in [0.2, 0.25) is 0 Å². The van der Waals surface area contributed by atoms with Gasteiger partial charge in [0.15, 0.2) is 11.4 Å². The Morgan fingerprint density at radius 3 is 2.52 bits per heavy atom. The summed E-state index contributed by atoms with van der Waals surface area (Å²) in [4.78, 5) is 13.4. The van der Waals surface area contributed by atoms with Gasteiger partial charge in [-0.1, -0.05) is 72.3 Å². The molecular weight excluding hydrogens is 384 g/mol. The molecule has 152 valence electrons. The van der Waals surface area contributed by atoms with Crippen molar-refractivity contribution in [1.82, 2.24) is 9.78 Å². The predicted octanol–water partition coefficient (Wildman–Crippen LogP) is 5.49. The Morgan fingerprint density at radius 2 is 1.71 bits per heavy atom. The largest absolute Gasteiger partial charge is 0.352 e. The SMILES string of the molecule is Cc1ccc(-c2nn(-c3ccccc3)cc2C2OC23CCc2ccccc2C3=O)cc1. The second-order valence-electron chi connectivity index (χ2n) is 8.45. The average Bonchev–Trinajstić information content (AvgIpc) is 3.37. The van der Waals surface area contributed by atoms with Crippen LogP contribution in [0.1, 0.15) is 39.6 Å². The average molecular weight is 406 g/mol. The van der Waals surface area contributed by atoms with Crippen molar-refractivity contribution in [2.75, 3.05) is 0 Å².